The highest BCUT2D eigenvalue weighted by Crippen LogP contribution is 2.37. The molecule has 1 fully saturated rings. The molecule has 6 nitrogen and oxygen atoms in total. The summed E-state index contributed by atoms with van der Waals surface area (Å²) in [6, 6.07) is 3.93. The predicted molar refractivity (Wildman–Crippen MR) is 101 cm³/mol. The Hall–Kier alpha value is -2.15. The second kappa shape index (κ2) is 6.63. The monoisotopic (exact) mass is 360 g/mol. The van der Waals surface area contributed by atoms with Crippen molar-refractivity contribution in [2.75, 3.05) is 25.9 Å². The number of thiophene rings is 1. The first kappa shape index (κ1) is 17.7. The van der Waals surface area contributed by atoms with Crippen LogP contribution in [0.5, 0.6) is 0 Å². The van der Waals surface area contributed by atoms with Crippen molar-refractivity contribution in [3.05, 3.63) is 22.7 Å². The summed E-state index contributed by atoms with van der Waals surface area (Å²) in [6.07, 6.45) is 2.49. The van der Waals surface area contributed by atoms with Gasteiger partial charge in [-0.1, -0.05) is 13.8 Å². The number of pyridine rings is 1. The largest absolute Gasteiger partial charge is 0.397 e. The van der Waals surface area contributed by atoms with E-state index in [1.54, 1.807) is 7.05 Å². The lowest BCUT2D eigenvalue weighted by Gasteiger charge is -2.40. The molecule has 2 aromatic heterocycles. The summed E-state index contributed by atoms with van der Waals surface area (Å²) in [5.41, 5.74) is 7.37. The molecule has 3 rings (SSSR count). The highest BCUT2D eigenvalue weighted by atomic mass is 32.1. The number of piperidine rings is 1. The van der Waals surface area contributed by atoms with Crippen LogP contribution in [0.1, 0.15) is 48.5 Å². The smallest absolute Gasteiger partial charge is 0.263 e. The van der Waals surface area contributed by atoms with E-state index in [0.29, 0.717) is 23.5 Å². The molecule has 0 bridgehead atoms. The van der Waals surface area contributed by atoms with Gasteiger partial charge in [-0.05, 0) is 25.0 Å². The van der Waals surface area contributed by atoms with Gasteiger partial charge in [0, 0.05) is 43.1 Å². The fourth-order valence-corrected chi connectivity index (χ4v) is 4.54. The maximum Gasteiger partial charge on any atom is 0.263 e. The molecule has 1 saturated heterocycles. The number of nitrogens with one attached hydrogen (secondary N) is 1. The van der Waals surface area contributed by atoms with E-state index in [-0.39, 0.29) is 17.2 Å². The second-order valence-corrected chi connectivity index (χ2v) is 7.81. The molecule has 0 radical (unpaired) electrons. The third-order valence-corrected chi connectivity index (χ3v) is 6.11. The first-order valence-electron chi connectivity index (χ1n) is 8.59. The Labute approximate surface area is 151 Å². The van der Waals surface area contributed by atoms with Gasteiger partial charge in [0.25, 0.3) is 5.91 Å². The van der Waals surface area contributed by atoms with Crippen LogP contribution in [0.2, 0.25) is 0 Å². The number of likely N-dealkylation sites (tertiary alicyclic amines) is 1. The normalized spacial score (nSPS) is 20.7. The summed E-state index contributed by atoms with van der Waals surface area (Å²) < 4.78 is 0. The van der Waals surface area contributed by atoms with Crippen LogP contribution in [0.3, 0.4) is 0 Å². The van der Waals surface area contributed by atoms with Gasteiger partial charge >= 0.3 is 0 Å². The lowest BCUT2D eigenvalue weighted by Crippen LogP contribution is -2.47. The summed E-state index contributed by atoms with van der Waals surface area (Å²) in [5.74, 6) is -0.0000741. The Kier molecular flexibility index (Phi) is 4.69. The molecule has 0 spiro atoms. The zero-order valence-corrected chi connectivity index (χ0v) is 15.7. The number of nitrogens with zero attached hydrogens (tertiary/aromatic N) is 2. The lowest BCUT2D eigenvalue weighted by atomic mass is 9.78. The molecule has 2 aromatic rings. The minimum Gasteiger partial charge on any atom is -0.397 e. The highest BCUT2D eigenvalue weighted by Gasteiger charge is 2.35. The van der Waals surface area contributed by atoms with E-state index in [0.717, 1.165) is 35.3 Å². The molecule has 3 heterocycles. The van der Waals surface area contributed by atoms with Crippen molar-refractivity contribution in [1.29, 1.82) is 0 Å². The van der Waals surface area contributed by atoms with Gasteiger partial charge in [-0.3, -0.25) is 9.59 Å². The summed E-state index contributed by atoms with van der Waals surface area (Å²) in [5, 5.41) is 3.43. The third kappa shape index (κ3) is 3.08. The minimum absolute atomic E-state index is 0.177. The standard InChI is InChI=1S/C18H24N4O2S/c1-4-13(23)22-9-5-8-18(2,10-22)12-7-6-11-14(19)15(16(24)20-3)25-17(11)21-12/h6-7H,4-5,8-10,19H2,1-3H3,(H,20,24). The van der Waals surface area contributed by atoms with E-state index in [1.807, 2.05) is 24.0 Å². The molecule has 25 heavy (non-hydrogen) atoms. The van der Waals surface area contributed by atoms with E-state index in [4.69, 9.17) is 10.7 Å². The van der Waals surface area contributed by atoms with Crippen molar-refractivity contribution in [3.63, 3.8) is 0 Å². The molecule has 1 unspecified atom stereocenters. The third-order valence-electron chi connectivity index (χ3n) is 5.00. The van der Waals surface area contributed by atoms with Crippen LogP contribution >= 0.6 is 11.3 Å². The minimum atomic E-state index is -0.189. The Morgan fingerprint density at radius 1 is 1.44 bits per heavy atom. The number of fused-ring (bicyclic) bond motifs is 1. The van der Waals surface area contributed by atoms with Gasteiger partial charge in [0.05, 0.1) is 5.69 Å². The zero-order chi connectivity index (χ0) is 18.2. The number of hydrogen-bond acceptors (Lipinski definition) is 5. The van der Waals surface area contributed by atoms with Crippen LogP contribution < -0.4 is 11.1 Å². The van der Waals surface area contributed by atoms with Crippen LogP contribution in [0.25, 0.3) is 10.2 Å². The number of nitrogens with two attached hydrogens (primary N) is 1. The number of anilines is 1. The number of nitrogen functional groups attached to an aromatic ring is 1. The van der Waals surface area contributed by atoms with Gasteiger partial charge in [0.2, 0.25) is 5.91 Å². The predicted octanol–water partition coefficient (Wildman–Crippen LogP) is 2.53. The summed E-state index contributed by atoms with van der Waals surface area (Å²) >= 11 is 1.32. The number of rotatable bonds is 3. The van der Waals surface area contributed by atoms with E-state index >= 15 is 0 Å². The van der Waals surface area contributed by atoms with Gasteiger partial charge in [-0.2, -0.15) is 0 Å². The van der Waals surface area contributed by atoms with Gasteiger partial charge in [-0.25, -0.2) is 4.98 Å². The van der Waals surface area contributed by atoms with Crippen LogP contribution in [-0.4, -0.2) is 41.8 Å². The topological polar surface area (TPSA) is 88.3 Å². The van der Waals surface area contributed by atoms with E-state index in [1.165, 1.54) is 11.3 Å². The average Bonchev–Trinajstić information content (AvgIpc) is 2.96. The molecular weight excluding hydrogens is 336 g/mol. The molecular formula is C18H24N4O2S. The fraction of sp³-hybridized carbons (Fsp3) is 0.500. The molecule has 1 aliphatic heterocycles. The number of amides is 2. The number of carbonyl (C=O) groups is 2. The first-order chi connectivity index (χ1) is 11.9. The number of aromatic nitrogens is 1. The van der Waals surface area contributed by atoms with Crippen molar-refractivity contribution >= 4 is 39.1 Å². The molecule has 7 heteroatoms. The Bertz CT molecular complexity index is 832. The van der Waals surface area contributed by atoms with Crippen LogP contribution in [0.15, 0.2) is 12.1 Å². The molecule has 2 amide bonds. The molecule has 1 aliphatic rings. The summed E-state index contributed by atoms with van der Waals surface area (Å²) in [4.78, 5) is 32.1. The Balaban J connectivity index is 1.98. The molecule has 1 atom stereocenters. The number of carbonyl (C=O) groups excluding carboxylic acids is 2. The van der Waals surface area contributed by atoms with Gasteiger partial charge in [-0.15, -0.1) is 11.3 Å². The molecule has 0 aliphatic carbocycles. The van der Waals surface area contributed by atoms with Crippen LogP contribution in [0, 0.1) is 0 Å². The first-order valence-corrected chi connectivity index (χ1v) is 9.40. The Morgan fingerprint density at radius 2 is 2.20 bits per heavy atom. The van der Waals surface area contributed by atoms with Gasteiger partial charge < -0.3 is 16.0 Å². The number of hydrogen-bond donors (Lipinski definition) is 2. The Morgan fingerprint density at radius 3 is 2.88 bits per heavy atom. The van der Waals surface area contributed by atoms with Crippen molar-refractivity contribution in [3.8, 4) is 0 Å². The lowest BCUT2D eigenvalue weighted by molar-refractivity contribution is -0.133. The van der Waals surface area contributed by atoms with E-state index < -0.39 is 0 Å². The molecule has 0 aromatic carbocycles. The van der Waals surface area contributed by atoms with Crippen molar-refractivity contribution in [2.24, 2.45) is 0 Å². The SMILES string of the molecule is CCC(=O)N1CCCC(C)(c2ccc3c(N)c(C(=O)NC)sc3n2)C1. The van der Waals surface area contributed by atoms with E-state index in [2.05, 4.69) is 12.2 Å². The highest BCUT2D eigenvalue weighted by molar-refractivity contribution is 7.21. The molecule has 134 valence electrons. The zero-order valence-electron chi connectivity index (χ0n) is 14.9. The van der Waals surface area contributed by atoms with Crippen LogP contribution in [0.4, 0.5) is 5.69 Å². The maximum atomic E-state index is 12.1. The maximum absolute atomic E-state index is 12.1. The van der Waals surface area contributed by atoms with Gasteiger partial charge in [0.15, 0.2) is 0 Å². The van der Waals surface area contributed by atoms with Crippen molar-refractivity contribution in [2.45, 2.75) is 38.5 Å². The quantitative estimate of drug-likeness (QED) is 0.880. The van der Waals surface area contributed by atoms with E-state index in [9.17, 15) is 9.59 Å². The van der Waals surface area contributed by atoms with Gasteiger partial charge in [0.1, 0.15) is 9.71 Å². The summed E-state index contributed by atoms with van der Waals surface area (Å²) in [6.45, 7) is 5.55. The average molecular weight is 360 g/mol. The molecule has 0 saturated carbocycles. The second-order valence-electron chi connectivity index (χ2n) is 6.81. The fourth-order valence-electron chi connectivity index (χ4n) is 3.50. The molecule has 3 N–H and O–H groups in total. The van der Waals surface area contributed by atoms with Crippen LogP contribution in [-0.2, 0) is 10.2 Å². The van der Waals surface area contributed by atoms with Crippen molar-refractivity contribution in [1.82, 2.24) is 15.2 Å². The summed E-state index contributed by atoms with van der Waals surface area (Å²) in [7, 11) is 1.59. The van der Waals surface area contributed by atoms with Crippen molar-refractivity contribution < 1.29 is 9.59 Å².